The fourth-order valence-electron chi connectivity index (χ4n) is 1.65. The van der Waals surface area contributed by atoms with Crippen molar-refractivity contribution in [1.29, 1.82) is 0 Å². The predicted octanol–water partition coefficient (Wildman–Crippen LogP) is -2.82. The average Bonchev–Trinajstić information content (AvgIpc) is 2.98. The smallest absolute Gasteiger partial charge is 0.377 e. The Morgan fingerprint density at radius 1 is 0.760 bits per heavy atom. The van der Waals surface area contributed by atoms with Crippen molar-refractivity contribution in [3.8, 4) is 0 Å². The third-order valence-corrected chi connectivity index (χ3v) is 2.95. The van der Waals surface area contributed by atoms with Crippen LogP contribution in [0.1, 0.15) is 0 Å². The van der Waals surface area contributed by atoms with E-state index >= 15 is 0 Å². The van der Waals surface area contributed by atoms with Gasteiger partial charge in [-0.3, -0.25) is 0 Å². The number of cyclic esters (lactones) is 2. The van der Waals surface area contributed by atoms with E-state index < -0.39 is 72.6 Å². The largest absolute Gasteiger partial charge is 0.505 e. The Labute approximate surface area is 151 Å². The van der Waals surface area contributed by atoms with Gasteiger partial charge in [-0.25, -0.2) is 9.59 Å². The fourth-order valence-corrected chi connectivity index (χ4v) is 1.65. The van der Waals surface area contributed by atoms with Crippen LogP contribution in [0.4, 0.5) is 0 Å². The summed E-state index contributed by atoms with van der Waals surface area (Å²) in [6, 6.07) is 0. The first-order valence-electron chi connectivity index (χ1n) is 6.39. The van der Waals surface area contributed by atoms with E-state index in [4.69, 9.17) is 40.9 Å². The van der Waals surface area contributed by atoms with E-state index in [0.29, 0.717) is 0 Å². The van der Waals surface area contributed by atoms with Crippen LogP contribution in [0.2, 0.25) is 0 Å². The van der Waals surface area contributed by atoms with E-state index in [1.807, 2.05) is 0 Å². The Balaban J connectivity index is 0.000000443. The molecular formula is C12H16O12V. The number of aliphatic hydroxyl groups is 8. The van der Waals surface area contributed by atoms with Crippen molar-refractivity contribution in [2.75, 3.05) is 13.2 Å². The molecule has 13 heteroatoms. The molecule has 0 amide bonds. The van der Waals surface area contributed by atoms with Crippen LogP contribution < -0.4 is 0 Å². The van der Waals surface area contributed by atoms with Gasteiger partial charge in [0, 0.05) is 18.6 Å². The zero-order valence-electron chi connectivity index (χ0n) is 12.4. The topological polar surface area (TPSA) is 214 Å². The van der Waals surface area contributed by atoms with E-state index in [1.165, 1.54) is 0 Å². The molecule has 0 bridgehead atoms. The third-order valence-electron chi connectivity index (χ3n) is 2.95. The first-order chi connectivity index (χ1) is 11.1. The van der Waals surface area contributed by atoms with Crippen molar-refractivity contribution in [2.24, 2.45) is 0 Å². The maximum Gasteiger partial charge on any atom is 0.377 e. The Hall–Kier alpha value is -1.96. The Morgan fingerprint density at radius 3 is 1.20 bits per heavy atom. The summed E-state index contributed by atoms with van der Waals surface area (Å²) in [6.07, 6.45) is -5.55. The summed E-state index contributed by atoms with van der Waals surface area (Å²) in [7, 11) is 0. The van der Waals surface area contributed by atoms with E-state index in [2.05, 4.69) is 9.47 Å². The van der Waals surface area contributed by atoms with Gasteiger partial charge in [0.05, 0.1) is 13.2 Å². The minimum absolute atomic E-state index is 0. The van der Waals surface area contributed by atoms with Crippen molar-refractivity contribution in [3.63, 3.8) is 0 Å². The summed E-state index contributed by atoms with van der Waals surface area (Å²) in [6.45, 7) is -1.34. The fraction of sp³-hybridized carbons (Fsp3) is 0.500. The van der Waals surface area contributed by atoms with E-state index in [-0.39, 0.29) is 18.6 Å². The van der Waals surface area contributed by atoms with Crippen molar-refractivity contribution in [1.82, 2.24) is 0 Å². The SMILES string of the molecule is O=C1O[C@H]([C@@H](O)CO)C(O)=C1O.O=C1O[C@H]([C@@H](O)CO)C(O)=C1O.[V]. The monoisotopic (exact) mass is 403 g/mol. The Kier molecular flexibility index (Phi) is 8.76. The zero-order valence-corrected chi connectivity index (χ0v) is 13.8. The van der Waals surface area contributed by atoms with Crippen LogP contribution in [-0.4, -0.2) is 90.4 Å². The van der Waals surface area contributed by atoms with Crippen LogP contribution in [-0.2, 0) is 37.6 Å². The molecule has 0 aromatic rings. The molecule has 2 aliphatic rings. The number of aliphatic hydroxyl groups excluding tert-OH is 8. The standard InChI is InChI=1S/2C6H8O6.V/c2*7-1-2(8)5-3(9)4(10)6(11)12-5;/h2*2,5,7-10H,1H2;/t2*2-,5+;/m00./s1. The van der Waals surface area contributed by atoms with Crippen LogP contribution in [0, 0.1) is 0 Å². The van der Waals surface area contributed by atoms with Gasteiger partial charge in [-0.05, 0) is 0 Å². The number of carbonyl (C=O) groups is 2. The summed E-state index contributed by atoms with van der Waals surface area (Å²) in [5.41, 5.74) is 0. The van der Waals surface area contributed by atoms with Crippen LogP contribution in [0.15, 0.2) is 23.0 Å². The van der Waals surface area contributed by atoms with Crippen molar-refractivity contribution >= 4 is 11.9 Å². The Bertz CT molecular complexity index is 520. The molecule has 2 aliphatic heterocycles. The first-order valence-corrected chi connectivity index (χ1v) is 6.39. The number of ether oxygens (including phenoxy) is 2. The Morgan fingerprint density at radius 2 is 1.04 bits per heavy atom. The molecule has 0 aliphatic carbocycles. The van der Waals surface area contributed by atoms with E-state index in [0.717, 1.165) is 0 Å². The maximum absolute atomic E-state index is 10.5. The molecule has 1 radical (unpaired) electrons. The maximum atomic E-state index is 10.5. The molecule has 0 saturated carbocycles. The van der Waals surface area contributed by atoms with E-state index in [9.17, 15) is 9.59 Å². The van der Waals surface area contributed by atoms with Gasteiger partial charge in [0.2, 0.25) is 11.5 Å². The molecule has 12 nitrogen and oxygen atoms in total. The van der Waals surface area contributed by atoms with Gasteiger partial charge in [0.25, 0.3) is 0 Å². The number of rotatable bonds is 4. The molecule has 0 aromatic carbocycles. The molecule has 0 saturated heterocycles. The van der Waals surface area contributed by atoms with Crippen molar-refractivity contribution < 1.29 is 78.5 Å². The molecule has 8 N–H and O–H groups in total. The molecule has 2 rings (SSSR count). The third kappa shape index (κ3) is 5.01. The molecular weight excluding hydrogens is 387 g/mol. The molecule has 25 heavy (non-hydrogen) atoms. The average molecular weight is 403 g/mol. The molecule has 0 unspecified atom stereocenters. The molecule has 0 spiro atoms. The molecule has 0 fully saturated rings. The van der Waals surface area contributed by atoms with Crippen molar-refractivity contribution in [2.45, 2.75) is 24.4 Å². The van der Waals surface area contributed by atoms with Gasteiger partial charge in [0.1, 0.15) is 12.2 Å². The number of carbonyl (C=O) groups excluding carboxylic acids is 2. The van der Waals surface area contributed by atoms with Crippen LogP contribution in [0.3, 0.4) is 0 Å². The van der Waals surface area contributed by atoms with Gasteiger partial charge >= 0.3 is 11.9 Å². The summed E-state index contributed by atoms with van der Waals surface area (Å²) >= 11 is 0. The predicted molar refractivity (Wildman–Crippen MR) is 70.5 cm³/mol. The quantitative estimate of drug-likeness (QED) is 0.223. The minimum Gasteiger partial charge on any atom is -0.505 e. The molecule has 141 valence electrons. The second-order valence-electron chi connectivity index (χ2n) is 4.62. The van der Waals surface area contributed by atoms with Gasteiger partial charge in [-0.1, -0.05) is 0 Å². The molecule has 4 atom stereocenters. The summed E-state index contributed by atoms with van der Waals surface area (Å²) in [5.74, 6) is -5.56. The first kappa shape index (κ1) is 23.0. The number of esters is 2. The summed E-state index contributed by atoms with van der Waals surface area (Å²) < 4.78 is 8.63. The summed E-state index contributed by atoms with van der Waals surface area (Å²) in [5, 5.41) is 70.1. The van der Waals surface area contributed by atoms with Crippen LogP contribution >= 0.6 is 0 Å². The second-order valence-corrected chi connectivity index (χ2v) is 4.62. The number of hydrogen-bond donors (Lipinski definition) is 8. The van der Waals surface area contributed by atoms with Crippen molar-refractivity contribution in [3.05, 3.63) is 23.0 Å². The van der Waals surface area contributed by atoms with Gasteiger partial charge in [-0.2, -0.15) is 0 Å². The molecule has 2 heterocycles. The van der Waals surface area contributed by atoms with Gasteiger partial charge in [-0.15, -0.1) is 0 Å². The summed E-state index contributed by atoms with van der Waals surface area (Å²) in [4.78, 5) is 21.1. The van der Waals surface area contributed by atoms with Gasteiger partial charge < -0.3 is 50.3 Å². The van der Waals surface area contributed by atoms with Crippen LogP contribution in [0.25, 0.3) is 0 Å². The van der Waals surface area contributed by atoms with Gasteiger partial charge in [0.15, 0.2) is 23.7 Å². The normalized spacial score (nSPS) is 24.8. The van der Waals surface area contributed by atoms with E-state index in [1.54, 1.807) is 0 Å². The molecule has 0 aromatic heterocycles. The van der Waals surface area contributed by atoms with Crippen LogP contribution in [0.5, 0.6) is 0 Å². The number of hydrogen-bond acceptors (Lipinski definition) is 12. The zero-order chi connectivity index (χ0) is 18.6. The minimum atomic E-state index is -1.42. The second kappa shape index (κ2) is 9.51.